The molecule has 0 amide bonds. The number of imidazole rings is 1. The summed E-state index contributed by atoms with van der Waals surface area (Å²) in [5.41, 5.74) is 5.40. The number of aromatic nitrogens is 4. The molecule has 6 rings (SSSR count). The number of nitrogens with zero attached hydrogens (tertiary/aromatic N) is 4. The lowest BCUT2D eigenvalue weighted by atomic mass is 9.96. The van der Waals surface area contributed by atoms with Crippen LogP contribution in [0.15, 0.2) is 85.5 Å². The van der Waals surface area contributed by atoms with Crippen molar-refractivity contribution in [2.45, 2.75) is 50.5 Å². The minimum atomic E-state index is -4.38. The molecular formula is C31H33N6O8P. The van der Waals surface area contributed by atoms with Crippen LogP contribution < -0.4 is 15.3 Å². The Hall–Kier alpha value is -4.43. The van der Waals surface area contributed by atoms with Gasteiger partial charge in [0.1, 0.15) is 48.1 Å². The number of fused-ring (bicyclic) bond motifs is 2. The first kappa shape index (κ1) is 31.5. The van der Waals surface area contributed by atoms with Crippen molar-refractivity contribution in [2.75, 3.05) is 12.3 Å². The van der Waals surface area contributed by atoms with Crippen LogP contribution in [0.5, 0.6) is 5.75 Å². The van der Waals surface area contributed by atoms with Crippen molar-refractivity contribution in [3.63, 3.8) is 0 Å². The predicted octanol–water partition coefficient (Wildman–Crippen LogP) is 3.50. The van der Waals surface area contributed by atoms with E-state index >= 15 is 0 Å². The SMILES string of the molecule is C[C@H](N[P@](=O)(OC[C@H]1O[C@@H](n2cnc3c(N)ncnc32)C(C)(O)C1O)Oc1cccc2ccccc12)C(=O)OCc1ccccc1. The molecule has 5 aromatic rings. The number of rotatable bonds is 11. The molecule has 5 N–H and O–H groups in total. The van der Waals surface area contributed by atoms with Crippen molar-refractivity contribution in [1.29, 1.82) is 0 Å². The highest BCUT2D eigenvalue weighted by Gasteiger charge is 2.54. The minimum Gasteiger partial charge on any atom is -0.460 e. The topological polar surface area (TPSA) is 193 Å². The molecule has 240 valence electrons. The van der Waals surface area contributed by atoms with Gasteiger partial charge in [-0.25, -0.2) is 19.5 Å². The van der Waals surface area contributed by atoms with E-state index in [0.29, 0.717) is 10.9 Å². The normalized spacial score (nSPS) is 23.3. The number of hydrogen-bond donors (Lipinski definition) is 4. The summed E-state index contributed by atoms with van der Waals surface area (Å²) in [5, 5.41) is 26.6. The number of aliphatic hydroxyl groups excluding tert-OH is 1. The number of anilines is 1. The zero-order valence-electron chi connectivity index (χ0n) is 25.0. The second-order valence-corrected chi connectivity index (χ2v) is 12.8. The molecule has 0 radical (unpaired) electrons. The van der Waals surface area contributed by atoms with Crippen LogP contribution in [0.2, 0.25) is 0 Å². The summed E-state index contributed by atoms with van der Waals surface area (Å²) in [7, 11) is -4.38. The van der Waals surface area contributed by atoms with Crippen LogP contribution in [-0.4, -0.2) is 66.2 Å². The number of nitrogen functional groups attached to an aromatic ring is 1. The van der Waals surface area contributed by atoms with Crippen molar-refractivity contribution in [3.05, 3.63) is 91.0 Å². The zero-order valence-corrected chi connectivity index (χ0v) is 25.9. The molecule has 15 heteroatoms. The van der Waals surface area contributed by atoms with E-state index in [0.717, 1.165) is 10.9 Å². The van der Waals surface area contributed by atoms with Gasteiger partial charge in [-0.05, 0) is 30.9 Å². The molecule has 3 heterocycles. The molecule has 0 saturated carbocycles. The Morgan fingerprint density at radius 1 is 1.11 bits per heavy atom. The Balaban J connectivity index is 1.23. The fraction of sp³-hybridized carbons (Fsp3) is 0.290. The van der Waals surface area contributed by atoms with E-state index < -0.39 is 50.4 Å². The van der Waals surface area contributed by atoms with E-state index in [4.69, 9.17) is 24.3 Å². The molecule has 2 unspecified atom stereocenters. The molecule has 2 aromatic heterocycles. The molecule has 1 aliphatic rings. The van der Waals surface area contributed by atoms with Crippen molar-refractivity contribution < 1.29 is 38.1 Å². The van der Waals surface area contributed by atoms with Crippen LogP contribution >= 0.6 is 7.75 Å². The molecule has 1 saturated heterocycles. The number of carbonyl (C=O) groups is 1. The Bertz CT molecular complexity index is 1900. The number of ether oxygens (including phenoxy) is 2. The Morgan fingerprint density at radius 2 is 1.85 bits per heavy atom. The van der Waals surface area contributed by atoms with Crippen LogP contribution in [-0.2, 0) is 30.0 Å². The molecule has 1 aliphatic heterocycles. The highest BCUT2D eigenvalue weighted by molar-refractivity contribution is 7.52. The predicted molar refractivity (Wildman–Crippen MR) is 167 cm³/mol. The van der Waals surface area contributed by atoms with E-state index in [-0.39, 0.29) is 23.8 Å². The fourth-order valence-electron chi connectivity index (χ4n) is 5.23. The van der Waals surface area contributed by atoms with Gasteiger partial charge >= 0.3 is 13.7 Å². The lowest BCUT2D eigenvalue weighted by Crippen LogP contribution is -2.44. The Labute approximate surface area is 263 Å². The van der Waals surface area contributed by atoms with Gasteiger partial charge in [0.15, 0.2) is 17.7 Å². The molecule has 0 aliphatic carbocycles. The third-order valence-electron chi connectivity index (χ3n) is 7.70. The number of carbonyl (C=O) groups excluding carboxylic acids is 1. The maximum Gasteiger partial charge on any atom is 0.459 e. The van der Waals surface area contributed by atoms with E-state index in [2.05, 4.69) is 20.0 Å². The summed E-state index contributed by atoms with van der Waals surface area (Å²) in [6.45, 7) is 2.36. The van der Waals surface area contributed by atoms with Crippen molar-refractivity contribution in [2.24, 2.45) is 0 Å². The summed E-state index contributed by atoms with van der Waals surface area (Å²) in [6.07, 6.45) is -1.26. The van der Waals surface area contributed by atoms with Crippen LogP contribution in [0.4, 0.5) is 5.82 Å². The highest BCUT2D eigenvalue weighted by atomic mass is 31.2. The molecule has 0 bridgehead atoms. The largest absolute Gasteiger partial charge is 0.460 e. The van der Waals surface area contributed by atoms with E-state index in [9.17, 15) is 19.6 Å². The van der Waals surface area contributed by atoms with Crippen LogP contribution in [0, 0.1) is 0 Å². The van der Waals surface area contributed by atoms with Gasteiger partial charge in [0, 0.05) is 5.39 Å². The van der Waals surface area contributed by atoms with Crippen LogP contribution in [0.25, 0.3) is 21.9 Å². The summed E-state index contributed by atoms with van der Waals surface area (Å²) >= 11 is 0. The number of nitrogens with two attached hydrogens (primary N) is 1. The van der Waals surface area contributed by atoms with Gasteiger partial charge in [-0.1, -0.05) is 66.7 Å². The summed E-state index contributed by atoms with van der Waals surface area (Å²) in [6, 6.07) is 20.5. The minimum absolute atomic E-state index is 0.0130. The first-order chi connectivity index (χ1) is 22.1. The van der Waals surface area contributed by atoms with Crippen LogP contribution in [0.1, 0.15) is 25.6 Å². The summed E-state index contributed by atoms with van der Waals surface area (Å²) in [5.74, 6) is -0.322. The average Bonchev–Trinajstić information content (AvgIpc) is 3.57. The van der Waals surface area contributed by atoms with Gasteiger partial charge in [0.2, 0.25) is 0 Å². The zero-order chi connectivity index (χ0) is 32.5. The maximum absolute atomic E-state index is 14.4. The molecule has 14 nitrogen and oxygen atoms in total. The van der Waals surface area contributed by atoms with Crippen LogP contribution in [0.3, 0.4) is 0 Å². The first-order valence-electron chi connectivity index (χ1n) is 14.4. The summed E-state index contributed by atoms with van der Waals surface area (Å²) in [4.78, 5) is 25.2. The summed E-state index contributed by atoms with van der Waals surface area (Å²) < 4.78 is 39.1. The maximum atomic E-state index is 14.4. The molecular weight excluding hydrogens is 615 g/mol. The lowest BCUT2D eigenvalue weighted by molar-refractivity contribution is -0.146. The number of aliphatic hydroxyl groups is 2. The van der Waals surface area contributed by atoms with E-state index in [1.165, 1.54) is 31.1 Å². The monoisotopic (exact) mass is 648 g/mol. The van der Waals surface area contributed by atoms with Gasteiger partial charge in [0.05, 0.1) is 12.9 Å². The number of benzene rings is 3. The van der Waals surface area contributed by atoms with Crippen molar-refractivity contribution >= 4 is 41.5 Å². The van der Waals surface area contributed by atoms with E-state index in [1.54, 1.807) is 24.3 Å². The van der Waals surface area contributed by atoms with Gasteiger partial charge in [-0.15, -0.1) is 0 Å². The van der Waals surface area contributed by atoms with Gasteiger partial charge in [-0.3, -0.25) is 13.9 Å². The Kier molecular flexibility index (Phi) is 8.75. The molecule has 6 atom stereocenters. The van der Waals surface area contributed by atoms with Crippen molar-refractivity contribution in [1.82, 2.24) is 24.6 Å². The molecule has 0 spiro atoms. The first-order valence-corrected chi connectivity index (χ1v) is 16.0. The second-order valence-electron chi connectivity index (χ2n) is 11.1. The molecule has 1 fully saturated rings. The van der Waals surface area contributed by atoms with Gasteiger partial charge < -0.3 is 29.9 Å². The number of nitrogens with one attached hydrogen (secondary N) is 1. The highest BCUT2D eigenvalue weighted by Crippen LogP contribution is 2.48. The van der Waals surface area contributed by atoms with Crippen molar-refractivity contribution in [3.8, 4) is 5.75 Å². The fourth-order valence-corrected chi connectivity index (χ4v) is 6.75. The van der Waals surface area contributed by atoms with Gasteiger partial charge in [0.25, 0.3) is 0 Å². The number of esters is 1. The molecule has 46 heavy (non-hydrogen) atoms. The number of hydrogen-bond acceptors (Lipinski definition) is 12. The smallest absolute Gasteiger partial charge is 0.459 e. The average molecular weight is 649 g/mol. The second kappa shape index (κ2) is 12.8. The van der Waals surface area contributed by atoms with Gasteiger partial charge in [-0.2, -0.15) is 5.09 Å². The standard InChI is InChI=1S/C31H33N6O8P/c1-19(29(39)42-15-20-9-4-3-5-10-20)36-46(41,45-23-14-8-12-21-11-6-7-13-22(21)23)43-16-24-26(38)31(2,40)30(44-24)37-18-35-25-27(32)33-17-34-28(25)37/h3-14,17-19,24,26,30,38,40H,15-16H2,1-2H3,(H,36,41)(H2,32,33,34)/t19-,24+,26?,30+,31?,46-/m0/s1. The molecule has 3 aromatic carbocycles. The lowest BCUT2D eigenvalue weighted by Gasteiger charge is -2.27. The van der Waals surface area contributed by atoms with E-state index in [1.807, 2.05) is 48.5 Å². The Morgan fingerprint density at radius 3 is 2.65 bits per heavy atom. The third kappa shape index (κ3) is 6.31. The third-order valence-corrected chi connectivity index (χ3v) is 9.33. The quantitative estimate of drug-likeness (QED) is 0.120.